The molecule has 7 heteroatoms. The first-order chi connectivity index (χ1) is 13.2. The highest BCUT2D eigenvalue weighted by Gasteiger charge is 2.06. The van der Waals surface area contributed by atoms with Crippen LogP contribution in [0.2, 0.25) is 0 Å². The number of aromatic nitrogens is 2. The average molecular weight is 363 g/mol. The monoisotopic (exact) mass is 363 g/mol. The molecule has 0 bridgehead atoms. The van der Waals surface area contributed by atoms with Gasteiger partial charge in [-0.1, -0.05) is 12.1 Å². The predicted octanol–water partition coefficient (Wildman–Crippen LogP) is 2.41. The Labute approximate surface area is 154 Å². The zero-order valence-electron chi connectivity index (χ0n) is 14.4. The number of fused-ring (bicyclic) bond motifs is 2. The van der Waals surface area contributed by atoms with Crippen LogP contribution >= 0.6 is 0 Å². The number of para-hydroxylation sites is 2. The summed E-state index contributed by atoms with van der Waals surface area (Å²) in [6, 6.07) is 15.9. The van der Waals surface area contributed by atoms with Gasteiger partial charge in [0, 0.05) is 30.5 Å². The molecule has 0 spiro atoms. The standard InChI is InChI=1S/C20H17N3O4/c24-19(21-10-9-18-22-15-3-1-2-4-16(15)23-18)12-26-14-7-5-13-6-8-20(25)27-17(13)11-14/h1-8,11H,9-10,12H2,(H,21,24)(H,22,23). The van der Waals surface area contributed by atoms with Crippen molar-refractivity contribution in [1.82, 2.24) is 15.3 Å². The van der Waals surface area contributed by atoms with E-state index in [1.54, 1.807) is 24.3 Å². The summed E-state index contributed by atoms with van der Waals surface area (Å²) in [4.78, 5) is 30.9. The van der Waals surface area contributed by atoms with Crippen LogP contribution in [0.3, 0.4) is 0 Å². The third-order valence-electron chi connectivity index (χ3n) is 4.09. The SMILES string of the molecule is O=C(COc1ccc2ccc(=O)oc2c1)NCCc1nc2ccccc2[nH]1. The molecule has 2 heterocycles. The number of aromatic amines is 1. The van der Waals surface area contributed by atoms with E-state index in [2.05, 4.69) is 15.3 Å². The zero-order valence-corrected chi connectivity index (χ0v) is 14.4. The Morgan fingerprint density at radius 3 is 2.89 bits per heavy atom. The molecule has 1 amide bonds. The summed E-state index contributed by atoms with van der Waals surface area (Å²) >= 11 is 0. The Morgan fingerprint density at radius 2 is 2.00 bits per heavy atom. The van der Waals surface area contributed by atoms with Gasteiger partial charge in [-0.05, 0) is 30.3 Å². The van der Waals surface area contributed by atoms with Gasteiger partial charge in [-0.25, -0.2) is 9.78 Å². The van der Waals surface area contributed by atoms with E-state index >= 15 is 0 Å². The second-order valence-corrected chi connectivity index (χ2v) is 6.04. The Morgan fingerprint density at radius 1 is 1.15 bits per heavy atom. The second kappa shape index (κ2) is 7.33. The van der Waals surface area contributed by atoms with E-state index in [1.165, 1.54) is 6.07 Å². The molecule has 0 fully saturated rings. The lowest BCUT2D eigenvalue weighted by molar-refractivity contribution is -0.123. The lowest BCUT2D eigenvalue weighted by Gasteiger charge is -2.07. The van der Waals surface area contributed by atoms with Crippen molar-refractivity contribution in [2.24, 2.45) is 0 Å². The summed E-state index contributed by atoms with van der Waals surface area (Å²) < 4.78 is 10.6. The van der Waals surface area contributed by atoms with Gasteiger partial charge in [0.15, 0.2) is 6.61 Å². The molecule has 0 aliphatic heterocycles. The first kappa shape index (κ1) is 16.8. The first-order valence-electron chi connectivity index (χ1n) is 8.54. The Balaban J connectivity index is 1.28. The highest BCUT2D eigenvalue weighted by Crippen LogP contribution is 2.19. The highest BCUT2D eigenvalue weighted by molar-refractivity contribution is 5.79. The van der Waals surface area contributed by atoms with Crippen molar-refractivity contribution < 1.29 is 13.9 Å². The molecule has 2 N–H and O–H groups in total. The average Bonchev–Trinajstić information content (AvgIpc) is 3.08. The van der Waals surface area contributed by atoms with Crippen LogP contribution in [0, 0.1) is 0 Å². The number of nitrogens with one attached hydrogen (secondary N) is 2. The molecule has 136 valence electrons. The van der Waals surface area contributed by atoms with Gasteiger partial charge in [0.05, 0.1) is 11.0 Å². The van der Waals surface area contributed by atoms with Crippen molar-refractivity contribution in [2.45, 2.75) is 6.42 Å². The lowest BCUT2D eigenvalue weighted by Crippen LogP contribution is -2.30. The van der Waals surface area contributed by atoms with Crippen LogP contribution in [-0.2, 0) is 11.2 Å². The molecule has 4 rings (SSSR count). The molecule has 0 atom stereocenters. The van der Waals surface area contributed by atoms with E-state index in [1.807, 2.05) is 24.3 Å². The first-order valence-corrected chi connectivity index (χ1v) is 8.54. The van der Waals surface area contributed by atoms with Crippen molar-refractivity contribution in [2.75, 3.05) is 13.2 Å². The lowest BCUT2D eigenvalue weighted by atomic mass is 10.2. The van der Waals surface area contributed by atoms with Gasteiger partial charge in [-0.2, -0.15) is 0 Å². The minimum absolute atomic E-state index is 0.122. The summed E-state index contributed by atoms with van der Waals surface area (Å²) in [6.07, 6.45) is 0.599. The number of carbonyl (C=O) groups is 1. The molecular formula is C20H17N3O4. The highest BCUT2D eigenvalue weighted by atomic mass is 16.5. The quantitative estimate of drug-likeness (QED) is 0.513. The van der Waals surface area contributed by atoms with Gasteiger partial charge in [0.2, 0.25) is 0 Å². The van der Waals surface area contributed by atoms with Gasteiger partial charge in [0.1, 0.15) is 17.2 Å². The van der Waals surface area contributed by atoms with Crippen molar-refractivity contribution in [3.8, 4) is 5.75 Å². The van der Waals surface area contributed by atoms with E-state index in [0.717, 1.165) is 22.2 Å². The van der Waals surface area contributed by atoms with Crippen LogP contribution in [0.15, 0.2) is 63.8 Å². The van der Waals surface area contributed by atoms with Crippen molar-refractivity contribution in [1.29, 1.82) is 0 Å². The minimum Gasteiger partial charge on any atom is -0.484 e. The van der Waals surface area contributed by atoms with Gasteiger partial charge >= 0.3 is 5.63 Å². The van der Waals surface area contributed by atoms with E-state index in [0.29, 0.717) is 24.3 Å². The summed E-state index contributed by atoms with van der Waals surface area (Å²) in [5.41, 5.74) is 1.88. The maximum Gasteiger partial charge on any atom is 0.336 e. The molecule has 4 aromatic rings. The summed E-state index contributed by atoms with van der Waals surface area (Å²) in [5, 5.41) is 3.58. The van der Waals surface area contributed by atoms with E-state index in [9.17, 15) is 9.59 Å². The topological polar surface area (TPSA) is 97.2 Å². The minimum atomic E-state index is -0.428. The Kier molecular flexibility index (Phi) is 4.57. The number of hydrogen-bond donors (Lipinski definition) is 2. The van der Waals surface area contributed by atoms with Crippen LogP contribution < -0.4 is 15.7 Å². The predicted molar refractivity (Wildman–Crippen MR) is 101 cm³/mol. The molecular weight excluding hydrogens is 346 g/mol. The fraction of sp³-hybridized carbons (Fsp3) is 0.150. The van der Waals surface area contributed by atoms with Crippen LogP contribution in [0.4, 0.5) is 0 Å². The maximum absolute atomic E-state index is 12.0. The number of nitrogens with zero attached hydrogens (tertiary/aromatic N) is 1. The number of ether oxygens (including phenoxy) is 1. The van der Waals surface area contributed by atoms with Crippen molar-refractivity contribution in [3.05, 3.63) is 70.8 Å². The molecule has 0 saturated carbocycles. The van der Waals surface area contributed by atoms with E-state index in [4.69, 9.17) is 9.15 Å². The third kappa shape index (κ3) is 3.98. The van der Waals surface area contributed by atoms with Gasteiger partial charge in [0.25, 0.3) is 5.91 Å². The van der Waals surface area contributed by atoms with Crippen LogP contribution in [-0.4, -0.2) is 29.0 Å². The number of benzene rings is 2. The molecule has 0 radical (unpaired) electrons. The van der Waals surface area contributed by atoms with Gasteiger partial charge in [-0.15, -0.1) is 0 Å². The third-order valence-corrected chi connectivity index (χ3v) is 4.09. The number of rotatable bonds is 6. The molecule has 0 saturated heterocycles. The van der Waals surface area contributed by atoms with Gasteiger partial charge < -0.3 is 19.5 Å². The molecule has 2 aromatic heterocycles. The summed E-state index contributed by atoms with van der Waals surface area (Å²) in [7, 11) is 0. The Bertz CT molecular complexity index is 1130. The van der Waals surface area contributed by atoms with E-state index < -0.39 is 5.63 Å². The Hall–Kier alpha value is -3.61. The van der Waals surface area contributed by atoms with Crippen LogP contribution in [0.25, 0.3) is 22.0 Å². The van der Waals surface area contributed by atoms with Crippen LogP contribution in [0.1, 0.15) is 5.82 Å². The number of H-pyrrole nitrogens is 1. The normalized spacial score (nSPS) is 11.0. The number of imidazole rings is 1. The molecule has 0 unspecified atom stereocenters. The molecule has 0 aliphatic carbocycles. The van der Waals surface area contributed by atoms with Gasteiger partial charge in [-0.3, -0.25) is 4.79 Å². The fourth-order valence-corrected chi connectivity index (χ4v) is 2.78. The molecule has 2 aromatic carbocycles. The molecule has 27 heavy (non-hydrogen) atoms. The number of carbonyl (C=O) groups excluding carboxylic acids is 1. The maximum atomic E-state index is 12.0. The summed E-state index contributed by atoms with van der Waals surface area (Å²) in [6.45, 7) is 0.331. The number of amides is 1. The summed E-state index contributed by atoms with van der Waals surface area (Å²) in [5.74, 6) is 1.05. The largest absolute Gasteiger partial charge is 0.484 e. The number of hydrogen-bond acceptors (Lipinski definition) is 5. The molecule has 7 nitrogen and oxygen atoms in total. The zero-order chi connectivity index (χ0) is 18.6. The smallest absolute Gasteiger partial charge is 0.336 e. The second-order valence-electron chi connectivity index (χ2n) is 6.04. The van der Waals surface area contributed by atoms with E-state index in [-0.39, 0.29) is 12.5 Å². The van der Waals surface area contributed by atoms with Crippen LogP contribution in [0.5, 0.6) is 5.75 Å². The van der Waals surface area contributed by atoms with Crippen molar-refractivity contribution >= 4 is 27.9 Å². The molecule has 0 aliphatic rings. The van der Waals surface area contributed by atoms with Crippen molar-refractivity contribution in [3.63, 3.8) is 0 Å². The fourth-order valence-electron chi connectivity index (χ4n) is 2.78.